The average Bonchev–Trinajstić information content (AvgIpc) is 2.40. The molecule has 0 aromatic heterocycles. The number of ether oxygens (including phenoxy) is 1. The van der Waals surface area contributed by atoms with Crippen molar-refractivity contribution in [1.82, 2.24) is 0 Å². The molecule has 0 saturated carbocycles. The summed E-state index contributed by atoms with van der Waals surface area (Å²) in [6, 6.07) is 10.1. The molecule has 1 atom stereocenters. The van der Waals surface area contributed by atoms with Crippen LogP contribution in [-0.4, -0.2) is 7.11 Å². The van der Waals surface area contributed by atoms with E-state index in [1.165, 1.54) is 13.2 Å². The second kappa shape index (κ2) is 5.72. The van der Waals surface area contributed by atoms with Crippen LogP contribution < -0.4 is 10.5 Å². The summed E-state index contributed by atoms with van der Waals surface area (Å²) in [5.41, 5.74) is 8.57. The van der Waals surface area contributed by atoms with E-state index in [0.717, 1.165) is 15.6 Å². The molecule has 0 amide bonds. The SMILES string of the molecule is COc1ccc(C(N)c2cc(C)ccc2Br)c(F)c1. The molecule has 0 aliphatic carbocycles. The van der Waals surface area contributed by atoms with Gasteiger partial charge in [0.1, 0.15) is 11.6 Å². The van der Waals surface area contributed by atoms with Gasteiger partial charge in [-0.05, 0) is 24.6 Å². The Balaban J connectivity index is 2.43. The number of hydrogen-bond acceptors (Lipinski definition) is 2. The summed E-state index contributed by atoms with van der Waals surface area (Å²) in [7, 11) is 1.51. The first-order chi connectivity index (χ1) is 9.02. The molecule has 0 saturated heterocycles. The topological polar surface area (TPSA) is 35.2 Å². The zero-order valence-electron chi connectivity index (χ0n) is 10.8. The van der Waals surface area contributed by atoms with Crippen LogP contribution in [0.5, 0.6) is 5.75 Å². The van der Waals surface area contributed by atoms with Gasteiger partial charge >= 0.3 is 0 Å². The van der Waals surface area contributed by atoms with Crippen LogP contribution in [0.15, 0.2) is 40.9 Å². The van der Waals surface area contributed by atoms with Crippen LogP contribution in [0.2, 0.25) is 0 Å². The minimum absolute atomic E-state index is 0.361. The van der Waals surface area contributed by atoms with Crippen LogP contribution >= 0.6 is 15.9 Å². The highest BCUT2D eigenvalue weighted by atomic mass is 79.9. The molecular formula is C15H15BrFNO. The maximum absolute atomic E-state index is 14.0. The number of rotatable bonds is 3. The van der Waals surface area contributed by atoms with Gasteiger partial charge in [0.2, 0.25) is 0 Å². The molecule has 2 nitrogen and oxygen atoms in total. The second-order valence-electron chi connectivity index (χ2n) is 4.39. The molecule has 2 N–H and O–H groups in total. The van der Waals surface area contributed by atoms with E-state index in [-0.39, 0.29) is 5.82 Å². The lowest BCUT2D eigenvalue weighted by Crippen LogP contribution is -2.14. The molecule has 100 valence electrons. The number of halogens is 2. The first-order valence-electron chi connectivity index (χ1n) is 5.88. The number of benzene rings is 2. The molecule has 4 heteroatoms. The monoisotopic (exact) mass is 323 g/mol. The Labute approximate surface area is 120 Å². The Kier molecular flexibility index (Phi) is 4.22. The number of hydrogen-bond donors (Lipinski definition) is 1. The smallest absolute Gasteiger partial charge is 0.132 e. The standard InChI is InChI=1S/C15H15BrFNO/c1-9-3-6-13(16)12(7-9)15(18)11-5-4-10(19-2)8-14(11)17/h3-8,15H,18H2,1-2H3. The highest BCUT2D eigenvalue weighted by molar-refractivity contribution is 9.10. The molecule has 0 heterocycles. The second-order valence-corrected chi connectivity index (χ2v) is 5.24. The average molecular weight is 324 g/mol. The minimum Gasteiger partial charge on any atom is -0.497 e. The summed E-state index contributed by atoms with van der Waals surface area (Å²) in [5.74, 6) is 0.122. The number of methoxy groups -OCH3 is 1. The quantitative estimate of drug-likeness (QED) is 0.928. The molecule has 0 fully saturated rings. The largest absolute Gasteiger partial charge is 0.497 e. The lowest BCUT2D eigenvalue weighted by Gasteiger charge is -2.16. The molecule has 19 heavy (non-hydrogen) atoms. The van der Waals surface area contributed by atoms with Crippen molar-refractivity contribution >= 4 is 15.9 Å². The van der Waals surface area contributed by atoms with Crippen molar-refractivity contribution < 1.29 is 9.13 Å². The van der Waals surface area contributed by atoms with Gasteiger partial charge in [-0.1, -0.05) is 39.7 Å². The Hall–Kier alpha value is -1.39. The fourth-order valence-corrected chi connectivity index (χ4v) is 2.45. The van der Waals surface area contributed by atoms with Crippen LogP contribution in [0.25, 0.3) is 0 Å². The van der Waals surface area contributed by atoms with Crippen LogP contribution in [0.1, 0.15) is 22.7 Å². The van der Waals surface area contributed by atoms with Crippen molar-refractivity contribution in [3.8, 4) is 5.75 Å². The van der Waals surface area contributed by atoms with Gasteiger partial charge in [0.05, 0.1) is 13.2 Å². The molecule has 1 unspecified atom stereocenters. The van der Waals surface area contributed by atoms with Gasteiger partial charge in [0.25, 0.3) is 0 Å². The lowest BCUT2D eigenvalue weighted by atomic mass is 9.97. The first kappa shape index (κ1) is 14.0. The zero-order chi connectivity index (χ0) is 14.0. The van der Waals surface area contributed by atoms with Crippen LogP contribution in [0, 0.1) is 12.7 Å². The molecule has 0 aliphatic heterocycles. The van der Waals surface area contributed by atoms with E-state index in [2.05, 4.69) is 15.9 Å². The third-order valence-electron chi connectivity index (χ3n) is 3.03. The Morgan fingerprint density at radius 3 is 2.53 bits per heavy atom. The molecule has 0 aliphatic rings. The lowest BCUT2D eigenvalue weighted by molar-refractivity contribution is 0.410. The van der Waals surface area contributed by atoms with Crippen LogP contribution in [0.3, 0.4) is 0 Å². The highest BCUT2D eigenvalue weighted by Crippen LogP contribution is 2.30. The summed E-state index contributed by atoms with van der Waals surface area (Å²) in [4.78, 5) is 0. The third kappa shape index (κ3) is 2.96. The Bertz CT molecular complexity index is 601. The summed E-state index contributed by atoms with van der Waals surface area (Å²) >= 11 is 3.45. The van der Waals surface area contributed by atoms with E-state index in [1.807, 2.05) is 25.1 Å². The number of nitrogens with two attached hydrogens (primary N) is 1. The van der Waals surface area contributed by atoms with Gasteiger partial charge in [-0.15, -0.1) is 0 Å². The Morgan fingerprint density at radius 1 is 1.16 bits per heavy atom. The normalized spacial score (nSPS) is 12.3. The summed E-state index contributed by atoms with van der Waals surface area (Å²) < 4.78 is 19.9. The van der Waals surface area contributed by atoms with E-state index in [0.29, 0.717) is 11.3 Å². The van der Waals surface area contributed by atoms with Gasteiger partial charge in [0.15, 0.2) is 0 Å². The maximum atomic E-state index is 14.0. The third-order valence-corrected chi connectivity index (χ3v) is 3.75. The zero-order valence-corrected chi connectivity index (χ0v) is 12.4. The minimum atomic E-state index is -0.514. The van der Waals surface area contributed by atoms with E-state index < -0.39 is 6.04 Å². The molecule has 2 aromatic rings. The van der Waals surface area contributed by atoms with Gasteiger partial charge < -0.3 is 10.5 Å². The molecule has 0 spiro atoms. The molecule has 2 aromatic carbocycles. The summed E-state index contributed by atoms with van der Waals surface area (Å²) in [6.07, 6.45) is 0. The molecule has 0 radical (unpaired) electrons. The van der Waals surface area contributed by atoms with Crippen molar-refractivity contribution in [2.45, 2.75) is 13.0 Å². The van der Waals surface area contributed by atoms with Gasteiger partial charge in [0, 0.05) is 16.1 Å². The van der Waals surface area contributed by atoms with E-state index >= 15 is 0 Å². The summed E-state index contributed by atoms with van der Waals surface area (Å²) in [5, 5.41) is 0. The fraction of sp³-hybridized carbons (Fsp3) is 0.200. The molecular weight excluding hydrogens is 309 g/mol. The van der Waals surface area contributed by atoms with Crippen molar-refractivity contribution in [1.29, 1.82) is 0 Å². The van der Waals surface area contributed by atoms with Crippen LogP contribution in [0.4, 0.5) is 4.39 Å². The summed E-state index contributed by atoms with van der Waals surface area (Å²) in [6.45, 7) is 1.98. The van der Waals surface area contributed by atoms with Crippen molar-refractivity contribution in [3.05, 3.63) is 63.4 Å². The predicted octanol–water partition coefficient (Wildman–Crippen LogP) is 3.95. The van der Waals surface area contributed by atoms with Crippen molar-refractivity contribution in [3.63, 3.8) is 0 Å². The van der Waals surface area contributed by atoms with Gasteiger partial charge in [-0.2, -0.15) is 0 Å². The van der Waals surface area contributed by atoms with Gasteiger partial charge in [-0.25, -0.2) is 4.39 Å². The van der Waals surface area contributed by atoms with E-state index in [4.69, 9.17) is 10.5 Å². The molecule has 0 bridgehead atoms. The van der Waals surface area contributed by atoms with Crippen LogP contribution in [-0.2, 0) is 0 Å². The van der Waals surface area contributed by atoms with E-state index in [9.17, 15) is 4.39 Å². The fourth-order valence-electron chi connectivity index (χ4n) is 1.96. The highest BCUT2D eigenvalue weighted by Gasteiger charge is 2.16. The Morgan fingerprint density at radius 2 is 1.89 bits per heavy atom. The van der Waals surface area contributed by atoms with Crippen molar-refractivity contribution in [2.75, 3.05) is 7.11 Å². The maximum Gasteiger partial charge on any atom is 0.132 e. The number of aryl methyl sites for hydroxylation is 1. The predicted molar refractivity (Wildman–Crippen MR) is 77.9 cm³/mol. The van der Waals surface area contributed by atoms with E-state index in [1.54, 1.807) is 12.1 Å². The molecule has 2 rings (SSSR count). The first-order valence-corrected chi connectivity index (χ1v) is 6.67. The van der Waals surface area contributed by atoms with Crippen molar-refractivity contribution in [2.24, 2.45) is 5.73 Å². The van der Waals surface area contributed by atoms with Gasteiger partial charge in [-0.3, -0.25) is 0 Å².